The van der Waals surface area contributed by atoms with Crippen LogP contribution in [0.25, 0.3) is 0 Å². The fourth-order valence-corrected chi connectivity index (χ4v) is 1.37. The van der Waals surface area contributed by atoms with Crippen molar-refractivity contribution in [2.75, 3.05) is 0 Å². The summed E-state index contributed by atoms with van der Waals surface area (Å²) < 4.78 is 5.23. The van der Waals surface area contributed by atoms with Gasteiger partial charge in [0.1, 0.15) is 11.4 Å². The molecule has 0 spiro atoms. The van der Waals surface area contributed by atoms with Crippen LogP contribution in [-0.4, -0.2) is 17.5 Å². The highest BCUT2D eigenvalue weighted by atomic mass is 16.6. The molecule has 1 atom stereocenters. The smallest absolute Gasteiger partial charge is 0.413 e. The Hall–Kier alpha value is -1.58. The topological polar surface area (TPSA) is 50.7 Å². The van der Waals surface area contributed by atoms with Gasteiger partial charge in [-0.15, -0.1) is 0 Å². The molecule has 0 aromatic rings. The highest BCUT2D eigenvalue weighted by Gasteiger charge is 2.17. The molecule has 0 unspecified atom stereocenters. The average molecular weight is 280 g/mol. The number of aliphatic imine (C=N–C) groups is 1. The molecule has 0 aliphatic heterocycles. The number of hydrogen-bond acceptors (Lipinski definition) is 3. The number of nitrogens with zero attached hydrogens (tertiary/aromatic N) is 1. The molecule has 0 saturated heterocycles. The molecular formula is C16H28N2O2. The highest BCUT2D eigenvalue weighted by Crippen LogP contribution is 2.11. The van der Waals surface area contributed by atoms with Gasteiger partial charge in [0, 0.05) is 6.42 Å². The largest absolute Gasteiger partial charge is 0.444 e. The van der Waals surface area contributed by atoms with Crippen molar-refractivity contribution in [3.05, 3.63) is 24.9 Å². The van der Waals surface area contributed by atoms with Gasteiger partial charge < -0.3 is 4.74 Å². The summed E-state index contributed by atoms with van der Waals surface area (Å²) in [5.74, 6) is 1.15. The minimum atomic E-state index is -0.526. The molecule has 4 nitrogen and oxygen atoms in total. The van der Waals surface area contributed by atoms with E-state index in [1.807, 2.05) is 20.8 Å². The first-order chi connectivity index (χ1) is 9.17. The van der Waals surface area contributed by atoms with E-state index in [2.05, 4.69) is 37.3 Å². The van der Waals surface area contributed by atoms with Crippen LogP contribution in [0.1, 0.15) is 53.9 Å². The van der Waals surface area contributed by atoms with Crippen LogP contribution < -0.4 is 5.32 Å². The van der Waals surface area contributed by atoms with Crippen LogP contribution >= 0.6 is 0 Å². The first-order valence-electron chi connectivity index (χ1n) is 7.06. The van der Waals surface area contributed by atoms with Crippen molar-refractivity contribution in [1.82, 2.24) is 5.32 Å². The molecule has 0 heterocycles. The van der Waals surface area contributed by atoms with Gasteiger partial charge in [-0.2, -0.15) is 0 Å². The predicted octanol–water partition coefficient (Wildman–Crippen LogP) is 4.44. The van der Waals surface area contributed by atoms with Gasteiger partial charge in [0.2, 0.25) is 0 Å². The van der Waals surface area contributed by atoms with Crippen molar-refractivity contribution in [2.24, 2.45) is 10.9 Å². The molecule has 1 N–H and O–H groups in total. The van der Waals surface area contributed by atoms with Gasteiger partial charge in [-0.05, 0) is 39.2 Å². The van der Waals surface area contributed by atoms with Crippen LogP contribution in [0, 0.1) is 5.92 Å². The van der Waals surface area contributed by atoms with E-state index >= 15 is 0 Å². The van der Waals surface area contributed by atoms with E-state index in [1.165, 1.54) is 0 Å². The molecule has 1 amide bonds. The van der Waals surface area contributed by atoms with Crippen molar-refractivity contribution in [3.8, 4) is 0 Å². The highest BCUT2D eigenvalue weighted by molar-refractivity contribution is 5.96. The van der Waals surface area contributed by atoms with Crippen LogP contribution in [0.5, 0.6) is 0 Å². The Morgan fingerprint density at radius 2 is 2.05 bits per heavy atom. The number of carbonyl (C=O) groups excluding carboxylic acids is 1. The van der Waals surface area contributed by atoms with Crippen LogP contribution in [0.3, 0.4) is 0 Å². The van der Waals surface area contributed by atoms with E-state index in [-0.39, 0.29) is 0 Å². The Morgan fingerprint density at radius 1 is 1.45 bits per heavy atom. The standard InChI is InChI=1S/C16H28N2O2/c1-8-12(3)10-11-14(17-13(4)9-2)18-15(19)20-16(5,6)7/h9,12H,2,4,8,10-11H2,1,3,5-7H3,(H,17,18,19)/t12-/m1/s1. The molecule has 114 valence electrons. The third-order valence-corrected chi connectivity index (χ3v) is 2.73. The summed E-state index contributed by atoms with van der Waals surface area (Å²) in [5, 5.41) is 2.70. The molecule has 0 fully saturated rings. The third kappa shape index (κ3) is 9.36. The molecular weight excluding hydrogens is 252 g/mol. The summed E-state index contributed by atoms with van der Waals surface area (Å²) in [6.45, 7) is 17.1. The van der Waals surface area contributed by atoms with E-state index in [1.54, 1.807) is 6.08 Å². The van der Waals surface area contributed by atoms with Gasteiger partial charge in [-0.3, -0.25) is 5.32 Å². The third-order valence-electron chi connectivity index (χ3n) is 2.73. The first-order valence-corrected chi connectivity index (χ1v) is 7.06. The summed E-state index contributed by atoms with van der Waals surface area (Å²) in [4.78, 5) is 16.0. The van der Waals surface area contributed by atoms with Crippen LogP contribution in [0.15, 0.2) is 29.9 Å². The Morgan fingerprint density at radius 3 is 2.50 bits per heavy atom. The number of amides is 1. The summed E-state index contributed by atoms with van der Waals surface area (Å²) in [6.07, 6.45) is 3.80. The van der Waals surface area contributed by atoms with Gasteiger partial charge in [0.15, 0.2) is 0 Å². The molecule has 0 aliphatic rings. The van der Waals surface area contributed by atoms with Crippen molar-refractivity contribution < 1.29 is 9.53 Å². The number of amidine groups is 1. The lowest BCUT2D eigenvalue weighted by atomic mass is 10.0. The van der Waals surface area contributed by atoms with Crippen LogP contribution in [0.2, 0.25) is 0 Å². The molecule has 20 heavy (non-hydrogen) atoms. The zero-order chi connectivity index (χ0) is 15.8. The van der Waals surface area contributed by atoms with Gasteiger partial charge in [-0.1, -0.05) is 33.4 Å². The van der Waals surface area contributed by atoms with E-state index in [0.29, 0.717) is 23.9 Å². The lowest BCUT2D eigenvalue weighted by Crippen LogP contribution is -2.36. The fourth-order valence-electron chi connectivity index (χ4n) is 1.37. The molecule has 4 heteroatoms. The van der Waals surface area contributed by atoms with Crippen molar-refractivity contribution >= 4 is 11.9 Å². The predicted molar refractivity (Wildman–Crippen MR) is 84.8 cm³/mol. The molecule has 0 bridgehead atoms. The van der Waals surface area contributed by atoms with Gasteiger partial charge in [0.25, 0.3) is 0 Å². The number of allylic oxidation sites excluding steroid dienone is 1. The van der Waals surface area contributed by atoms with Crippen molar-refractivity contribution in [1.29, 1.82) is 0 Å². The Bertz CT molecular complexity index is 378. The molecule has 0 rings (SSSR count). The van der Waals surface area contributed by atoms with Gasteiger partial charge >= 0.3 is 6.09 Å². The van der Waals surface area contributed by atoms with E-state index in [9.17, 15) is 4.79 Å². The Kier molecular flexibility index (Phi) is 7.89. The lowest BCUT2D eigenvalue weighted by molar-refractivity contribution is 0.0562. The van der Waals surface area contributed by atoms with Gasteiger partial charge in [0.05, 0.1) is 5.70 Å². The average Bonchev–Trinajstić information content (AvgIpc) is 2.32. The molecule has 0 aromatic carbocycles. The van der Waals surface area contributed by atoms with E-state index in [0.717, 1.165) is 12.8 Å². The minimum Gasteiger partial charge on any atom is -0.444 e. The van der Waals surface area contributed by atoms with Crippen molar-refractivity contribution in [2.45, 2.75) is 59.5 Å². The maximum absolute atomic E-state index is 11.8. The SMILES string of the molecule is C=CC(=C)/N=C(\CC[C@H](C)CC)NC(=O)OC(C)(C)C. The molecule has 0 saturated carbocycles. The monoisotopic (exact) mass is 280 g/mol. The van der Waals surface area contributed by atoms with Gasteiger partial charge in [-0.25, -0.2) is 9.79 Å². The number of alkyl carbamates (subject to hydrolysis) is 1. The summed E-state index contributed by atoms with van der Waals surface area (Å²) in [6, 6.07) is 0. The molecule has 0 radical (unpaired) electrons. The first kappa shape index (κ1) is 18.4. The maximum Gasteiger partial charge on any atom is 0.413 e. The zero-order valence-electron chi connectivity index (χ0n) is 13.5. The molecule has 0 aromatic heterocycles. The second kappa shape index (κ2) is 8.56. The summed E-state index contributed by atoms with van der Waals surface area (Å²) in [5.41, 5.74) is 0.00153. The second-order valence-corrected chi connectivity index (χ2v) is 5.93. The Labute approximate surface area is 123 Å². The normalized spacial score (nSPS) is 13.6. The summed E-state index contributed by atoms with van der Waals surface area (Å²) in [7, 11) is 0. The maximum atomic E-state index is 11.8. The number of carbonyl (C=O) groups is 1. The number of rotatable bonds is 6. The molecule has 0 aliphatic carbocycles. The lowest BCUT2D eigenvalue weighted by Gasteiger charge is -2.20. The van der Waals surface area contributed by atoms with Crippen LogP contribution in [-0.2, 0) is 4.74 Å². The summed E-state index contributed by atoms with van der Waals surface area (Å²) >= 11 is 0. The quantitative estimate of drug-likeness (QED) is 0.444. The van der Waals surface area contributed by atoms with Crippen molar-refractivity contribution in [3.63, 3.8) is 0 Å². The number of nitrogens with one attached hydrogen (secondary N) is 1. The fraction of sp³-hybridized carbons (Fsp3) is 0.625. The second-order valence-electron chi connectivity index (χ2n) is 5.93. The minimum absolute atomic E-state index is 0.489. The number of ether oxygens (including phenoxy) is 1. The zero-order valence-corrected chi connectivity index (χ0v) is 13.5. The van der Waals surface area contributed by atoms with E-state index in [4.69, 9.17) is 4.74 Å². The Balaban J connectivity index is 4.69. The number of hydrogen-bond donors (Lipinski definition) is 1. The van der Waals surface area contributed by atoms with E-state index < -0.39 is 11.7 Å². The van der Waals surface area contributed by atoms with Crippen LogP contribution in [0.4, 0.5) is 4.79 Å².